The number of hydrogen-bond acceptors (Lipinski definition) is 2. The first-order valence-corrected chi connectivity index (χ1v) is 3.54. The topological polar surface area (TPSA) is 55.1 Å². The van der Waals surface area contributed by atoms with Crippen LogP contribution in [0.15, 0.2) is 0 Å². The summed E-state index contributed by atoms with van der Waals surface area (Å²) in [7, 11) is 1.62. The summed E-state index contributed by atoms with van der Waals surface area (Å²) >= 11 is 0. The van der Waals surface area contributed by atoms with Crippen LogP contribution in [0.2, 0.25) is 0 Å². The highest BCUT2D eigenvalue weighted by molar-refractivity contribution is 5.85. The Morgan fingerprint density at radius 1 is 1.55 bits per heavy atom. The van der Waals surface area contributed by atoms with Crippen LogP contribution in [-0.2, 0) is 4.79 Å². The van der Waals surface area contributed by atoms with Gasteiger partial charge in [-0.1, -0.05) is 13.8 Å². The molecule has 0 saturated heterocycles. The molecule has 0 aliphatic rings. The molecule has 1 amide bonds. The van der Waals surface area contributed by atoms with Crippen LogP contribution in [0.4, 0.5) is 0 Å². The minimum absolute atomic E-state index is 0. The van der Waals surface area contributed by atoms with Gasteiger partial charge in [0.15, 0.2) is 0 Å². The van der Waals surface area contributed by atoms with Crippen LogP contribution in [0.25, 0.3) is 0 Å². The van der Waals surface area contributed by atoms with Gasteiger partial charge in [0.25, 0.3) is 0 Å². The van der Waals surface area contributed by atoms with E-state index < -0.39 is 0 Å². The fraction of sp³-hybridized carbons (Fsp3) is 0.857. The van der Waals surface area contributed by atoms with Gasteiger partial charge in [0.1, 0.15) is 0 Å². The molecule has 0 aliphatic carbocycles. The van der Waals surface area contributed by atoms with Crippen LogP contribution in [0.1, 0.15) is 20.3 Å². The summed E-state index contributed by atoms with van der Waals surface area (Å²) in [5.74, 6) is 0.387. The van der Waals surface area contributed by atoms with E-state index in [4.69, 9.17) is 5.73 Å². The Bertz CT molecular complexity index is 117. The van der Waals surface area contributed by atoms with E-state index in [-0.39, 0.29) is 24.4 Å². The van der Waals surface area contributed by atoms with Crippen LogP contribution < -0.4 is 11.1 Å². The minimum atomic E-state index is -0.0139. The summed E-state index contributed by atoms with van der Waals surface area (Å²) in [4.78, 5) is 10.7. The molecular weight excluding hydrogens is 164 g/mol. The quantitative estimate of drug-likeness (QED) is 0.666. The van der Waals surface area contributed by atoms with Crippen molar-refractivity contribution in [1.29, 1.82) is 0 Å². The number of carbonyl (C=O) groups excluding carboxylic acids is 1. The number of amides is 1. The Labute approximate surface area is 74.1 Å². The van der Waals surface area contributed by atoms with Crippen molar-refractivity contribution >= 4 is 18.3 Å². The Kier molecular flexibility index (Phi) is 7.79. The maximum Gasteiger partial charge on any atom is 0.221 e. The van der Waals surface area contributed by atoms with Crippen molar-refractivity contribution in [2.24, 2.45) is 11.7 Å². The van der Waals surface area contributed by atoms with Gasteiger partial charge in [-0.05, 0) is 5.92 Å². The standard InChI is InChI=1S/C7H16N2O.ClH/c1-5(2)6(8)4-7(10)9-3;/h5-6H,4,8H2,1-3H3,(H,9,10);1H/t6-;/m0./s1. The van der Waals surface area contributed by atoms with Crippen molar-refractivity contribution in [1.82, 2.24) is 5.32 Å². The third-order valence-corrected chi connectivity index (χ3v) is 1.56. The lowest BCUT2D eigenvalue weighted by molar-refractivity contribution is -0.121. The average Bonchev–Trinajstić information content (AvgIpc) is 1.87. The lowest BCUT2D eigenvalue weighted by Gasteiger charge is -2.13. The van der Waals surface area contributed by atoms with Gasteiger partial charge < -0.3 is 11.1 Å². The SMILES string of the molecule is CNC(=O)C[C@H](N)C(C)C.Cl. The predicted molar refractivity (Wildman–Crippen MR) is 48.7 cm³/mol. The van der Waals surface area contributed by atoms with Crippen molar-refractivity contribution in [3.8, 4) is 0 Å². The molecule has 0 aromatic carbocycles. The van der Waals surface area contributed by atoms with E-state index in [0.29, 0.717) is 12.3 Å². The van der Waals surface area contributed by atoms with Crippen LogP contribution in [0, 0.1) is 5.92 Å². The van der Waals surface area contributed by atoms with Crippen molar-refractivity contribution in [2.75, 3.05) is 7.05 Å². The summed E-state index contributed by atoms with van der Waals surface area (Å²) < 4.78 is 0. The van der Waals surface area contributed by atoms with Gasteiger partial charge in [-0.2, -0.15) is 0 Å². The molecule has 0 aromatic rings. The van der Waals surface area contributed by atoms with Gasteiger partial charge >= 0.3 is 0 Å². The van der Waals surface area contributed by atoms with Crippen LogP contribution >= 0.6 is 12.4 Å². The first-order valence-electron chi connectivity index (χ1n) is 3.54. The van der Waals surface area contributed by atoms with E-state index in [0.717, 1.165) is 0 Å². The lowest BCUT2D eigenvalue weighted by atomic mass is 10.0. The number of hydrogen-bond donors (Lipinski definition) is 2. The van der Waals surface area contributed by atoms with E-state index in [1.165, 1.54) is 0 Å². The smallest absolute Gasteiger partial charge is 0.221 e. The molecule has 0 rings (SSSR count). The zero-order valence-corrected chi connectivity index (χ0v) is 8.07. The molecule has 68 valence electrons. The number of halogens is 1. The Balaban J connectivity index is 0. The van der Waals surface area contributed by atoms with Crippen molar-refractivity contribution in [3.05, 3.63) is 0 Å². The summed E-state index contributed by atoms with van der Waals surface area (Å²) in [5, 5.41) is 2.53. The number of rotatable bonds is 3. The Morgan fingerprint density at radius 3 is 2.27 bits per heavy atom. The summed E-state index contributed by atoms with van der Waals surface area (Å²) in [6.07, 6.45) is 0.425. The number of nitrogens with one attached hydrogen (secondary N) is 1. The molecule has 4 heteroatoms. The normalized spacial score (nSPS) is 12.1. The molecule has 0 fully saturated rings. The first-order chi connectivity index (χ1) is 4.57. The summed E-state index contributed by atoms with van der Waals surface area (Å²) in [6.45, 7) is 4.02. The molecular formula is C7H17ClN2O. The van der Waals surface area contributed by atoms with E-state index in [1.807, 2.05) is 13.8 Å². The Hall–Kier alpha value is -0.280. The van der Waals surface area contributed by atoms with Gasteiger partial charge in [0.2, 0.25) is 5.91 Å². The van der Waals surface area contributed by atoms with Crippen molar-refractivity contribution in [2.45, 2.75) is 26.3 Å². The monoisotopic (exact) mass is 180 g/mol. The second-order valence-corrected chi connectivity index (χ2v) is 2.79. The molecule has 0 heterocycles. The summed E-state index contributed by atoms with van der Waals surface area (Å²) in [5.41, 5.74) is 5.63. The maximum absolute atomic E-state index is 10.7. The third-order valence-electron chi connectivity index (χ3n) is 1.56. The van der Waals surface area contributed by atoms with E-state index in [2.05, 4.69) is 5.32 Å². The molecule has 0 spiro atoms. The zero-order chi connectivity index (χ0) is 8.15. The predicted octanol–water partition coefficient (Wildman–Crippen LogP) is 0.528. The third kappa shape index (κ3) is 6.13. The molecule has 0 aliphatic heterocycles. The minimum Gasteiger partial charge on any atom is -0.359 e. The van der Waals surface area contributed by atoms with Gasteiger partial charge in [-0.15, -0.1) is 12.4 Å². The van der Waals surface area contributed by atoms with Crippen molar-refractivity contribution in [3.63, 3.8) is 0 Å². The molecule has 0 unspecified atom stereocenters. The molecule has 0 aromatic heterocycles. The number of nitrogens with two attached hydrogens (primary N) is 1. The second kappa shape index (κ2) is 6.43. The largest absolute Gasteiger partial charge is 0.359 e. The molecule has 3 nitrogen and oxygen atoms in total. The highest BCUT2D eigenvalue weighted by Crippen LogP contribution is 2.01. The molecule has 1 atom stereocenters. The van der Waals surface area contributed by atoms with Crippen molar-refractivity contribution < 1.29 is 4.79 Å². The molecule has 0 radical (unpaired) electrons. The van der Waals surface area contributed by atoms with Crippen LogP contribution in [0.5, 0.6) is 0 Å². The fourth-order valence-corrected chi connectivity index (χ4v) is 0.552. The highest BCUT2D eigenvalue weighted by Gasteiger charge is 2.10. The van der Waals surface area contributed by atoms with Crippen LogP contribution in [0.3, 0.4) is 0 Å². The van der Waals surface area contributed by atoms with E-state index in [9.17, 15) is 4.79 Å². The maximum atomic E-state index is 10.7. The number of carbonyl (C=O) groups is 1. The van der Waals surface area contributed by atoms with Gasteiger partial charge in [0, 0.05) is 19.5 Å². The van der Waals surface area contributed by atoms with Gasteiger partial charge in [-0.25, -0.2) is 0 Å². The lowest BCUT2D eigenvalue weighted by Crippen LogP contribution is -2.33. The molecule has 0 bridgehead atoms. The highest BCUT2D eigenvalue weighted by atomic mass is 35.5. The van der Waals surface area contributed by atoms with E-state index in [1.54, 1.807) is 7.05 Å². The van der Waals surface area contributed by atoms with Gasteiger partial charge in [-0.3, -0.25) is 4.79 Å². The van der Waals surface area contributed by atoms with E-state index >= 15 is 0 Å². The average molecular weight is 181 g/mol. The fourth-order valence-electron chi connectivity index (χ4n) is 0.552. The molecule has 0 saturated carbocycles. The molecule has 3 N–H and O–H groups in total. The van der Waals surface area contributed by atoms with Gasteiger partial charge in [0.05, 0.1) is 0 Å². The Morgan fingerprint density at radius 2 is 2.00 bits per heavy atom. The molecule has 11 heavy (non-hydrogen) atoms. The van der Waals surface area contributed by atoms with Crippen LogP contribution in [-0.4, -0.2) is 19.0 Å². The first kappa shape index (κ1) is 13.3. The second-order valence-electron chi connectivity index (χ2n) is 2.79. The summed E-state index contributed by atoms with van der Waals surface area (Å²) in [6, 6.07) is -0.0139. The zero-order valence-electron chi connectivity index (χ0n) is 7.26.